The van der Waals surface area contributed by atoms with E-state index in [0.717, 1.165) is 12.2 Å². The topological polar surface area (TPSA) is 51.0 Å². The highest BCUT2D eigenvalue weighted by molar-refractivity contribution is 5.23. The average molecular weight is 195 g/mol. The van der Waals surface area contributed by atoms with Gasteiger partial charge in [-0.3, -0.25) is 0 Å². The molecule has 1 N–H and O–H groups in total. The van der Waals surface area contributed by atoms with Crippen molar-refractivity contribution < 1.29 is 4.52 Å². The summed E-state index contributed by atoms with van der Waals surface area (Å²) in [5, 5.41) is 7.12. The van der Waals surface area contributed by atoms with E-state index in [4.69, 9.17) is 4.52 Å². The first-order valence-corrected chi connectivity index (χ1v) is 5.12. The molecule has 1 aliphatic carbocycles. The van der Waals surface area contributed by atoms with Gasteiger partial charge >= 0.3 is 6.01 Å². The Bertz CT molecular complexity index is 309. The minimum atomic E-state index is 0.209. The number of hydrogen-bond donors (Lipinski definition) is 1. The molecular formula is C10H17N3O. The Kier molecular flexibility index (Phi) is 2.21. The lowest BCUT2D eigenvalue weighted by atomic mass is 9.92. The third kappa shape index (κ3) is 2.72. The molecule has 4 heteroatoms. The molecule has 0 aliphatic heterocycles. The first kappa shape index (κ1) is 9.49. The van der Waals surface area contributed by atoms with Gasteiger partial charge in [0.1, 0.15) is 0 Å². The van der Waals surface area contributed by atoms with Gasteiger partial charge in [-0.1, -0.05) is 25.9 Å². The molecule has 1 heterocycles. The number of nitrogens with zero attached hydrogens (tertiary/aromatic N) is 2. The van der Waals surface area contributed by atoms with Crippen LogP contribution in [0.3, 0.4) is 0 Å². The summed E-state index contributed by atoms with van der Waals surface area (Å²) in [6.45, 7) is 6.49. The maximum Gasteiger partial charge on any atom is 0.321 e. The fourth-order valence-electron chi connectivity index (χ4n) is 1.26. The number of hydrogen-bond acceptors (Lipinski definition) is 4. The summed E-state index contributed by atoms with van der Waals surface area (Å²) in [6, 6.07) is 1.14. The third-order valence-electron chi connectivity index (χ3n) is 2.06. The molecule has 0 spiro atoms. The lowest BCUT2D eigenvalue weighted by Gasteiger charge is -2.14. The summed E-state index contributed by atoms with van der Waals surface area (Å²) < 4.78 is 5.09. The van der Waals surface area contributed by atoms with Crippen LogP contribution in [0, 0.1) is 5.41 Å². The van der Waals surface area contributed by atoms with Crippen LogP contribution in [0.5, 0.6) is 0 Å². The molecule has 0 saturated heterocycles. The quantitative estimate of drug-likeness (QED) is 0.803. The fourth-order valence-corrected chi connectivity index (χ4v) is 1.26. The number of anilines is 1. The van der Waals surface area contributed by atoms with Crippen LogP contribution in [0.25, 0.3) is 0 Å². The van der Waals surface area contributed by atoms with Crippen LogP contribution in [0.4, 0.5) is 6.01 Å². The van der Waals surface area contributed by atoms with Crippen molar-refractivity contribution in [2.75, 3.05) is 5.32 Å². The van der Waals surface area contributed by atoms with Crippen LogP contribution in [-0.4, -0.2) is 16.2 Å². The Labute approximate surface area is 84.1 Å². The van der Waals surface area contributed by atoms with E-state index < -0.39 is 0 Å². The van der Waals surface area contributed by atoms with Crippen LogP contribution in [0.1, 0.15) is 39.4 Å². The minimum Gasteiger partial charge on any atom is -0.335 e. The van der Waals surface area contributed by atoms with Crippen molar-refractivity contribution in [2.24, 2.45) is 5.41 Å². The zero-order valence-corrected chi connectivity index (χ0v) is 9.00. The molecule has 0 amide bonds. The summed E-state index contributed by atoms with van der Waals surface area (Å²) >= 11 is 0. The summed E-state index contributed by atoms with van der Waals surface area (Å²) in [6.07, 6.45) is 3.29. The van der Waals surface area contributed by atoms with Crippen LogP contribution in [-0.2, 0) is 6.42 Å². The first-order chi connectivity index (χ1) is 6.53. The first-order valence-electron chi connectivity index (χ1n) is 5.12. The van der Waals surface area contributed by atoms with Crippen molar-refractivity contribution in [1.29, 1.82) is 0 Å². The molecule has 0 atom stereocenters. The van der Waals surface area contributed by atoms with Crippen molar-refractivity contribution in [2.45, 2.75) is 46.1 Å². The van der Waals surface area contributed by atoms with Gasteiger partial charge in [0.15, 0.2) is 5.82 Å². The smallest absolute Gasteiger partial charge is 0.321 e. The molecule has 4 nitrogen and oxygen atoms in total. The summed E-state index contributed by atoms with van der Waals surface area (Å²) in [7, 11) is 0. The fraction of sp³-hybridized carbons (Fsp3) is 0.800. The second kappa shape index (κ2) is 3.26. The Hall–Kier alpha value is -1.06. The Morgan fingerprint density at radius 3 is 2.71 bits per heavy atom. The molecular weight excluding hydrogens is 178 g/mol. The minimum absolute atomic E-state index is 0.209. The lowest BCUT2D eigenvalue weighted by Crippen LogP contribution is -2.10. The van der Waals surface area contributed by atoms with Gasteiger partial charge < -0.3 is 9.84 Å². The molecule has 0 radical (unpaired) electrons. The maximum atomic E-state index is 5.09. The van der Waals surface area contributed by atoms with Crippen molar-refractivity contribution in [1.82, 2.24) is 10.1 Å². The van der Waals surface area contributed by atoms with Gasteiger partial charge in [-0.2, -0.15) is 4.98 Å². The maximum absolute atomic E-state index is 5.09. The van der Waals surface area contributed by atoms with E-state index in [-0.39, 0.29) is 5.41 Å². The number of aromatic nitrogens is 2. The molecule has 14 heavy (non-hydrogen) atoms. The van der Waals surface area contributed by atoms with Gasteiger partial charge in [-0.25, -0.2) is 0 Å². The normalized spacial score (nSPS) is 17.1. The molecule has 1 aromatic heterocycles. The second-order valence-electron chi connectivity index (χ2n) is 5.17. The van der Waals surface area contributed by atoms with Crippen molar-refractivity contribution >= 4 is 6.01 Å². The van der Waals surface area contributed by atoms with Crippen LogP contribution in [0.2, 0.25) is 0 Å². The highest BCUT2D eigenvalue weighted by Gasteiger charge is 2.24. The van der Waals surface area contributed by atoms with Crippen molar-refractivity contribution in [3.8, 4) is 0 Å². The Morgan fingerprint density at radius 1 is 1.43 bits per heavy atom. The van der Waals surface area contributed by atoms with E-state index in [1.54, 1.807) is 0 Å². The van der Waals surface area contributed by atoms with Gasteiger partial charge in [0.25, 0.3) is 0 Å². The van der Waals surface area contributed by atoms with Gasteiger partial charge in [0, 0.05) is 12.5 Å². The largest absolute Gasteiger partial charge is 0.335 e. The molecule has 1 fully saturated rings. The van der Waals surface area contributed by atoms with Gasteiger partial charge in [-0.05, 0) is 18.3 Å². The van der Waals surface area contributed by atoms with E-state index in [0.29, 0.717) is 12.1 Å². The highest BCUT2D eigenvalue weighted by atomic mass is 16.5. The van der Waals surface area contributed by atoms with E-state index in [9.17, 15) is 0 Å². The predicted molar refractivity (Wildman–Crippen MR) is 54.1 cm³/mol. The van der Waals surface area contributed by atoms with Crippen LogP contribution < -0.4 is 5.32 Å². The molecule has 0 bridgehead atoms. The van der Waals surface area contributed by atoms with Gasteiger partial charge in [-0.15, -0.1) is 0 Å². The monoisotopic (exact) mass is 195 g/mol. The second-order valence-corrected chi connectivity index (χ2v) is 5.17. The highest BCUT2D eigenvalue weighted by Crippen LogP contribution is 2.24. The molecule has 1 aliphatic rings. The predicted octanol–water partition coefficient (Wildman–Crippen LogP) is 2.23. The van der Waals surface area contributed by atoms with Gasteiger partial charge in [0.2, 0.25) is 0 Å². The summed E-state index contributed by atoms with van der Waals surface area (Å²) in [4.78, 5) is 4.29. The van der Waals surface area contributed by atoms with E-state index >= 15 is 0 Å². The third-order valence-corrected chi connectivity index (χ3v) is 2.06. The molecule has 1 aromatic rings. The zero-order valence-electron chi connectivity index (χ0n) is 9.00. The van der Waals surface area contributed by atoms with Crippen LogP contribution in [0.15, 0.2) is 4.52 Å². The SMILES string of the molecule is CC(C)(C)Cc1noc(NC2CC2)n1. The van der Waals surface area contributed by atoms with E-state index in [1.807, 2.05) is 0 Å². The zero-order chi connectivity index (χ0) is 10.2. The van der Waals surface area contributed by atoms with Crippen LogP contribution >= 0.6 is 0 Å². The molecule has 1 saturated carbocycles. The standard InChI is InChI=1S/C10H17N3O/c1-10(2,3)6-8-12-9(14-13-8)11-7-4-5-7/h7H,4-6H2,1-3H3,(H,11,12,13). The number of rotatable bonds is 3. The molecule has 2 rings (SSSR count). The Morgan fingerprint density at radius 2 is 2.14 bits per heavy atom. The molecule has 0 aromatic carbocycles. The molecule has 78 valence electrons. The van der Waals surface area contributed by atoms with Crippen molar-refractivity contribution in [3.63, 3.8) is 0 Å². The number of nitrogens with one attached hydrogen (secondary N) is 1. The van der Waals surface area contributed by atoms with Crippen molar-refractivity contribution in [3.05, 3.63) is 5.82 Å². The molecule has 0 unspecified atom stereocenters. The summed E-state index contributed by atoms with van der Waals surface area (Å²) in [5.41, 5.74) is 0.209. The average Bonchev–Trinajstić information content (AvgIpc) is 2.71. The van der Waals surface area contributed by atoms with E-state index in [2.05, 4.69) is 36.2 Å². The lowest BCUT2D eigenvalue weighted by molar-refractivity contribution is 0.374. The van der Waals surface area contributed by atoms with E-state index in [1.165, 1.54) is 12.8 Å². The van der Waals surface area contributed by atoms with Gasteiger partial charge in [0.05, 0.1) is 0 Å². The summed E-state index contributed by atoms with van der Waals surface area (Å²) in [5.74, 6) is 0.792. The Balaban J connectivity index is 1.94.